The van der Waals surface area contributed by atoms with Crippen LogP contribution in [-0.4, -0.2) is 10.3 Å². The van der Waals surface area contributed by atoms with Gasteiger partial charge in [0.15, 0.2) is 0 Å². The second-order valence-corrected chi connectivity index (χ2v) is 13.8. The Labute approximate surface area is 170 Å². The molecule has 2 aromatic carbocycles. The number of hydrogen-bond donors (Lipinski definition) is 0. The summed E-state index contributed by atoms with van der Waals surface area (Å²) in [4.78, 5) is 0. The van der Waals surface area contributed by atoms with Gasteiger partial charge in [0.1, 0.15) is 7.14 Å². The van der Waals surface area contributed by atoms with Crippen LogP contribution >= 0.6 is 7.14 Å². The Morgan fingerprint density at radius 1 is 0.714 bits per heavy atom. The molecule has 1 aliphatic carbocycles. The standard InChI is InChI=1S/C26H31OP/c1-25(2,3)28(27,26(4,5)6)23-19-13-18-22(23)24(20-14-9-7-10-15-20)21-16-11-8-12-17-21/h7-19H,1-6H3. The summed E-state index contributed by atoms with van der Waals surface area (Å²) in [6.07, 6.45) is 6.27. The van der Waals surface area contributed by atoms with E-state index in [0.717, 1.165) is 27.6 Å². The monoisotopic (exact) mass is 390 g/mol. The van der Waals surface area contributed by atoms with Gasteiger partial charge in [-0.2, -0.15) is 0 Å². The molecule has 0 N–H and O–H groups in total. The van der Waals surface area contributed by atoms with E-state index in [0.29, 0.717) is 0 Å². The third kappa shape index (κ3) is 3.49. The van der Waals surface area contributed by atoms with Crippen LogP contribution in [0.1, 0.15) is 52.7 Å². The zero-order chi connectivity index (χ0) is 20.6. The topological polar surface area (TPSA) is 17.1 Å². The molecular weight excluding hydrogens is 359 g/mol. The molecule has 0 atom stereocenters. The molecule has 1 aliphatic rings. The Balaban J connectivity index is 2.34. The van der Waals surface area contributed by atoms with Crippen LogP contribution in [0.15, 0.2) is 89.8 Å². The quantitative estimate of drug-likeness (QED) is 0.487. The van der Waals surface area contributed by atoms with E-state index in [1.54, 1.807) is 0 Å². The molecule has 0 unspecified atom stereocenters. The molecule has 0 saturated carbocycles. The number of hydrogen-bond acceptors (Lipinski definition) is 1. The third-order valence-corrected chi connectivity index (χ3v) is 10.3. The first-order chi connectivity index (χ1) is 13.1. The number of allylic oxidation sites excluding steroid dienone is 5. The van der Waals surface area contributed by atoms with Crippen LogP contribution in [0.4, 0.5) is 0 Å². The number of rotatable bonds is 3. The highest BCUT2D eigenvalue weighted by Gasteiger charge is 2.50. The summed E-state index contributed by atoms with van der Waals surface area (Å²) in [5.41, 5.74) is 4.53. The van der Waals surface area contributed by atoms with Crippen LogP contribution in [-0.2, 0) is 4.57 Å². The van der Waals surface area contributed by atoms with Gasteiger partial charge in [0, 0.05) is 15.6 Å². The molecular formula is C26H31OP. The molecule has 28 heavy (non-hydrogen) atoms. The molecule has 2 heteroatoms. The highest BCUT2D eigenvalue weighted by Crippen LogP contribution is 2.74. The fraction of sp³-hybridized carbons (Fsp3) is 0.308. The Kier molecular flexibility index (Phi) is 5.43. The van der Waals surface area contributed by atoms with Gasteiger partial charge >= 0.3 is 0 Å². The minimum absolute atomic E-state index is 0.327. The van der Waals surface area contributed by atoms with E-state index in [2.05, 4.69) is 108 Å². The smallest absolute Gasteiger partial charge is 0.126 e. The van der Waals surface area contributed by atoms with E-state index < -0.39 is 7.14 Å². The van der Waals surface area contributed by atoms with Crippen LogP contribution < -0.4 is 0 Å². The molecule has 2 aromatic rings. The second kappa shape index (κ2) is 7.37. The van der Waals surface area contributed by atoms with Crippen molar-refractivity contribution < 1.29 is 4.57 Å². The van der Waals surface area contributed by atoms with Gasteiger partial charge in [-0.25, -0.2) is 0 Å². The first-order valence-electron chi connectivity index (χ1n) is 9.92. The summed E-state index contributed by atoms with van der Waals surface area (Å²) in [5, 5.41) is 0.342. The maximum absolute atomic E-state index is 14.7. The zero-order valence-electron chi connectivity index (χ0n) is 17.9. The zero-order valence-corrected chi connectivity index (χ0v) is 18.8. The lowest BCUT2D eigenvalue weighted by atomic mass is 9.93. The summed E-state index contributed by atoms with van der Waals surface area (Å²) >= 11 is 0. The van der Waals surface area contributed by atoms with Gasteiger partial charge in [0.2, 0.25) is 0 Å². The van der Waals surface area contributed by atoms with Crippen molar-refractivity contribution in [2.45, 2.75) is 51.9 Å². The van der Waals surface area contributed by atoms with Gasteiger partial charge < -0.3 is 4.57 Å². The van der Waals surface area contributed by atoms with Crippen molar-refractivity contribution in [2.75, 3.05) is 0 Å². The molecule has 0 spiro atoms. The van der Waals surface area contributed by atoms with Crippen molar-refractivity contribution in [3.05, 3.63) is 101 Å². The van der Waals surface area contributed by atoms with E-state index in [1.807, 2.05) is 12.1 Å². The molecule has 0 heterocycles. The first-order valence-corrected chi connectivity index (χ1v) is 11.6. The fourth-order valence-electron chi connectivity index (χ4n) is 4.31. The van der Waals surface area contributed by atoms with Crippen LogP contribution in [0.3, 0.4) is 0 Å². The van der Waals surface area contributed by atoms with Crippen molar-refractivity contribution in [1.29, 1.82) is 0 Å². The van der Waals surface area contributed by atoms with Gasteiger partial charge in [-0.15, -0.1) is 0 Å². The maximum Gasteiger partial charge on any atom is 0.126 e. The number of benzene rings is 2. The molecule has 0 radical (unpaired) electrons. The Bertz CT molecular complexity index is 919. The summed E-state index contributed by atoms with van der Waals surface area (Å²) in [6.45, 7) is 12.7. The predicted molar refractivity (Wildman–Crippen MR) is 123 cm³/mol. The predicted octanol–water partition coefficient (Wildman–Crippen LogP) is 7.90. The summed E-state index contributed by atoms with van der Waals surface area (Å²) in [7, 11) is -2.74. The molecule has 0 saturated heterocycles. The van der Waals surface area contributed by atoms with Crippen LogP contribution in [0.5, 0.6) is 0 Å². The molecule has 0 aliphatic heterocycles. The molecule has 3 rings (SSSR count). The first kappa shape index (κ1) is 20.6. The Hall–Kier alpha value is -2.11. The normalized spacial score (nSPS) is 14.9. The molecule has 0 amide bonds. The minimum Gasteiger partial charge on any atom is -0.318 e. The Morgan fingerprint density at radius 2 is 1.14 bits per heavy atom. The fourth-order valence-corrected chi connectivity index (χ4v) is 8.59. The highest BCUT2D eigenvalue weighted by atomic mass is 31.2. The van der Waals surface area contributed by atoms with Crippen molar-refractivity contribution in [2.24, 2.45) is 0 Å². The van der Waals surface area contributed by atoms with Gasteiger partial charge in [-0.05, 0) is 22.3 Å². The van der Waals surface area contributed by atoms with E-state index in [1.165, 1.54) is 0 Å². The lowest BCUT2D eigenvalue weighted by molar-refractivity contribution is 0.525. The van der Waals surface area contributed by atoms with Crippen molar-refractivity contribution in [3.8, 4) is 0 Å². The lowest BCUT2D eigenvalue weighted by Gasteiger charge is -2.42. The summed E-state index contributed by atoms with van der Waals surface area (Å²) in [5.74, 6) is 0. The minimum atomic E-state index is -2.74. The van der Waals surface area contributed by atoms with Crippen LogP contribution in [0.25, 0.3) is 5.57 Å². The van der Waals surface area contributed by atoms with Gasteiger partial charge in [0.25, 0.3) is 0 Å². The van der Waals surface area contributed by atoms with Gasteiger partial charge in [0.05, 0.1) is 0 Å². The van der Waals surface area contributed by atoms with Crippen molar-refractivity contribution in [3.63, 3.8) is 0 Å². The van der Waals surface area contributed by atoms with E-state index >= 15 is 0 Å². The third-order valence-electron chi connectivity index (χ3n) is 5.42. The highest BCUT2D eigenvalue weighted by molar-refractivity contribution is 7.71. The Morgan fingerprint density at radius 3 is 1.54 bits per heavy atom. The molecule has 146 valence electrons. The SMILES string of the molecule is CC(C)(C)P(=O)(C1=CC=CC1=C(c1ccccc1)c1ccccc1)C(C)(C)C. The average molecular weight is 391 g/mol. The van der Waals surface area contributed by atoms with E-state index in [9.17, 15) is 4.57 Å². The van der Waals surface area contributed by atoms with E-state index in [4.69, 9.17) is 0 Å². The van der Waals surface area contributed by atoms with Crippen molar-refractivity contribution in [1.82, 2.24) is 0 Å². The van der Waals surface area contributed by atoms with Gasteiger partial charge in [-0.1, -0.05) is 120 Å². The molecule has 0 aromatic heterocycles. The molecule has 0 fully saturated rings. The largest absolute Gasteiger partial charge is 0.318 e. The second-order valence-electron chi connectivity index (χ2n) is 9.38. The van der Waals surface area contributed by atoms with Gasteiger partial charge in [-0.3, -0.25) is 0 Å². The molecule has 0 bridgehead atoms. The molecule has 1 nitrogen and oxygen atoms in total. The average Bonchev–Trinajstić information content (AvgIpc) is 3.10. The lowest BCUT2D eigenvalue weighted by Crippen LogP contribution is -2.29. The van der Waals surface area contributed by atoms with Crippen LogP contribution in [0.2, 0.25) is 0 Å². The summed E-state index contributed by atoms with van der Waals surface area (Å²) < 4.78 is 14.7. The summed E-state index contributed by atoms with van der Waals surface area (Å²) in [6, 6.07) is 20.9. The van der Waals surface area contributed by atoms with Crippen LogP contribution in [0, 0.1) is 0 Å². The maximum atomic E-state index is 14.7. The van der Waals surface area contributed by atoms with E-state index in [-0.39, 0.29) is 10.3 Å². The van der Waals surface area contributed by atoms with Crippen molar-refractivity contribution >= 4 is 12.7 Å².